The van der Waals surface area contributed by atoms with E-state index in [4.69, 9.17) is 9.97 Å². The zero-order valence-electron chi connectivity index (χ0n) is 76.1. The molecule has 2 amide bonds. The first-order chi connectivity index (χ1) is 68.2. The number of carbonyl (C=O) groups excluding carboxylic acids is 2. The van der Waals surface area contributed by atoms with E-state index in [0.29, 0.717) is 69.6 Å². The van der Waals surface area contributed by atoms with Crippen molar-refractivity contribution in [1.82, 2.24) is 111 Å². The number of nitrogens with zero attached hydrogens (tertiary/aromatic N) is 12. The lowest BCUT2D eigenvalue weighted by molar-refractivity contribution is -0.117. The highest BCUT2D eigenvalue weighted by molar-refractivity contribution is 6.03. The summed E-state index contributed by atoms with van der Waals surface area (Å²) in [6, 6.07) is 84.0. The Labute approximate surface area is 795 Å². The Morgan fingerprint density at radius 1 is 0.345 bits per heavy atom. The lowest BCUT2D eigenvalue weighted by Gasteiger charge is -2.11. The molecule has 0 unspecified atom stereocenters. The van der Waals surface area contributed by atoms with Crippen LogP contribution in [0, 0.1) is 23.5 Å². The van der Waals surface area contributed by atoms with E-state index in [1.54, 1.807) is 49.1 Å². The molecule has 12 N–H and O–H groups in total. The van der Waals surface area contributed by atoms with Gasteiger partial charge in [-0.3, -0.25) is 49.9 Å². The van der Waals surface area contributed by atoms with Crippen molar-refractivity contribution in [2.75, 3.05) is 17.2 Å². The van der Waals surface area contributed by atoms with Gasteiger partial charge in [0.1, 0.15) is 34.4 Å². The molecule has 0 atom stereocenters. The van der Waals surface area contributed by atoms with Crippen molar-refractivity contribution in [2.45, 2.75) is 78.9 Å². The minimum atomic E-state index is -0.277. The van der Waals surface area contributed by atoms with Gasteiger partial charge in [0.15, 0.2) is 23.3 Å². The van der Waals surface area contributed by atoms with E-state index >= 15 is 0 Å². The van der Waals surface area contributed by atoms with Crippen molar-refractivity contribution in [3.8, 4) is 113 Å². The predicted octanol–water partition coefficient (Wildman–Crippen LogP) is 24.2. The maximum Gasteiger partial charge on any atom is 0.224 e. The monoisotopic (exact) mass is 1830 g/mol. The second-order valence-corrected chi connectivity index (χ2v) is 35.1. The van der Waals surface area contributed by atoms with Crippen molar-refractivity contribution < 1.29 is 18.4 Å². The Kier molecular flexibility index (Phi) is 25.1. The largest absolute Gasteiger partial charge is 0.337 e. The summed E-state index contributed by atoms with van der Waals surface area (Å²) < 4.78 is 29.2. The van der Waals surface area contributed by atoms with Gasteiger partial charge in [0, 0.05) is 136 Å². The fourth-order valence-electron chi connectivity index (χ4n) is 17.9. The highest BCUT2D eigenvalue weighted by Gasteiger charge is 2.24. The molecule has 0 aliphatic heterocycles. The van der Waals surface area contributed by atoms with Gasteiger partial charge in [-0.05, 0) is 191 Å². The van der Waals surface area contributed by atoms with Gasteiger partial charge < -0.3 is 41.2 Å². The number of H-pyrrole nitrogens is 8. The Morgan fingerprint density at radius 3 is 1.14 bits per heavy atom. The summed E-state index contributed by atoms with van der Waals surface area (Å²) in [5.41, 5.74) is 28.9. The molecule has 11 aromatic carbocycles. The Hall–Kier alpha value is -17.5. The summed E-state index contributed by atoms with van der Waals surface area (Å²) in [6.45, 7) is 9.27. The summed E-state index contributed by atoms with van der Waals surface area (Å²) in [5.74, 6) is 3.22. The molecule has 12 aromatic heterocycles. The fraction of sp³-hybridized carbons (Fsp3) is 0.135. The van der Waals surface area contributed by atoms with Crippen LogP contribution >= 0.6 is 0 Å². The molecule has 12 heterocycles. The molecule has 24 rings (SSSR count). The van der Waals surface area contributed by atoms with Crippen molar-refractivity contribution in [1.29, 1.82) is 0 Å². The highest BCUT2D eigenvalue weighted by Crippen LogP contribution is 2.40. The fourth-order valence-corrected chi connectivity index (χ4v) is 17.9. The van der Waals surface area contributed by atoms with Crippen molar-refractivity contribution in [3.63, 3.8) is 0 Å². The zero-order chi connectivity index (χ0) is 94.2. The molecule has 26 nitrogen and oxygen atoms in total. The van der Waals surface area contributed by atoms with Crippen LogP contribution in [0.15, 0.2) is 310 Å². The number of amides is 2. The SMILES string of the molecule is CC(C)CC(=O)Nc1cncc(-c2ccc3[nH]nc(-c4nc5ccccc5[nH]4)c3c2)c1.CCC(=O)Nc1cncc(-c2ccc3[nH]nc(-c4nc5ccccc5[nH]4)c3c2)c1.Fc1ccccc1-c1cccc2[nH]c(-c3n[nH]c4ccc(-c5cncc(CNCC6CCCC6)c5)cc34)nc12.Fc1ccccc1-c1cccc2[nH]c(-c3n[nH]c4ccc(-c5cncc(CNCc6ccccc6)c5)cc34)nc12. The van der Waals surface area contributed by atoms with Crippen molar-refractivity contribution >= 4 is 111 Å². The number of pyridine rings is 4. The van der Waals surface area contributed by atoms with Crippen LogP contribution in [0.25, 0.3) is 201 Å². The van der Waals surface area contributed by atoms with Gasteiger partial charge in [0.25, 0.3) is 0 Å². The van der Waals surface area contributed by atoms with E-state index in [9.17, 15) is 18.4 Å². The molecule has 684 valence electrons. The maximum absolute atomic E-state index is 14.6. The summed E-state index contributed by atoms with van der Waals surface area (Å²) in [6.07, 6.45) is 20.8. The number of carbonyl (C=O) groups is 2. The van der Waals surface area contributed by atoms with Gasteiger partial charge in [0.05, 0.1) is 90.0 Å². The molecule has 0 radical (unpaired) electrons. The minimum Gasteiger partial charge on any atom is -0.337 e. The molecular weight excluding hydrogens is 1740 g/mol. The van der Waals surface area contributed by atoms with Crippen LogP contribution in [0.2, 0.25) is 0 Å². The molecule has 139 heavy (non-hydrogen) atoms. The number of halogens is 2. The zero-order valence-corrected chi connectivity index (χ0v) is 76.1. The second-order valence-electron chi connectivity index (χ2n) is 35.1. The lowest BCUT2D eigenvalue weighted by atomic mass is 10.0. The number of fused-ring (bicyclic) bond motifs is 8. The van der Waals surface area contributed by atoms with Crippen LogP contribution in [0.5, 0.6) is 0 Å². The molecule has 0 bridgehead atoms. The standard InChI is InChI=1S/C33H25FN6.C32H29FN6.C24H22N6O.C22H18N6O/c34-28-11-5-4-9-25(28)26-10-6-12-30-31(26)38-33(37-30)32-27-16-23(13-14-29(27)39-40-32)24-15-22(19-36-20-24)18-35-17-21-7-2-1-3-8-21;33-27-10-4-3-8-24(27)25-9-5-11-29-30(25)37-32(36-29)31-26-15-22(12-13-28(26)38-39-31)23-14-21(18-35-19-23)17-34-16-20-6-1-2-7-20;1-14(2)9-22(31)26-17-10-16(12-25-13-17)15-7-8-19-18(11-15)23(30-29-19)24-27-20-5-3-4-6-21(20)28-24;1-2-20(29)24-15-9-14(11-23-12-15)13-7-8-17-16(10-13)21(28-27-17)22-25-18-5-3-4-6-19(18)26-22/h1-16,19-20,35H,17-18H2,(H,37,38)(H,39,40);3-5,8-15,18-20,34H,1-2,6-7,16-17H2,(H,36,37)(H,38,39);3-8,10-14H,9H2,1-2H3,(H,26,31)(H,27,28)(H,29,30);3-12H,2H2,1H3,(H,24,29)(H,25,26)(H,27,28). The van der Waals surface area contributed by atoms with Crippen LogP contribution in [-0.4, -0.2) is 119 Å². The number of hydrogen-bond donors (Lipinski definition) is 12. The van der Waals surface area contributed by atoms with E-state index in [-0.39, 0.29) is 23.4 Å². The van der Waals surface area contributed by atoms with Gasteiger partial charge in [-0.2, -0.15) is 20.4 Å². The van der Waals surface area contributed by atoms with Gasteiger partial charge in [-0.25, -0.2) is 28.7 Å². The molecular formula is C111H94F2N24O2. The molecule has 1 aliphatic carbocycles. The van der Waals surface area contributed by atoms with Crippen LogP contribution in [-0.2, 0) is 29.2 Å². The molecule has 0 saturated heterocycles. The van der Waals surface area contributed by atoms with E-state index in [1.165, 1.54) is 48.9 Å². The first-order valence-electron chi connectivity index (χ1n) is 46.4. The first kappa shape index (κ1) is 88.1. The minimum absolute atomic E-state index is 0.00796. The van der Waals surface area contributed by atoms with Crippen LogP contribution in [0.3, 0.4) is 0 Å². The van der Waals surface area contributed by atoms with Crippen LogP contribution < -0.4 is 21.3 Å². The quantitative estimate of drug-likeness (QED) is 0.0283. The van der Waals surface area contributed by atoms with E-state index in [2.05, 4.69) is 173 Å². The average Bonchev–Trinajstić information content (AvgIpc) is 1.62. The van der Waals surface area contributed by atoms with E-state index in [0.717, 1.165) is 199 Å². The van der Waals surface area contributed by atoms with Crippen molar-refractivity contribution in [2.24, 2.45) is 11.8 Å². The number of nitrogens with one attached hydrogen (secondary N) is 12. The number of benzene rings is 11. The number of hydrogen-bond acceptors (Lipinski definition) is 16. The summed E-state index contributed by atoms with van der Waals surface area (Å²) in [7, 11) is 0. The summed E-state index contributed by atoms with van der Waals surface area (Å²) >= 11 is 0. The number of imidazole rings is 4. The highest BCUT2D eigenvalue weighted by atomic mass is 19.1. The van der Waals surface area contributed by atoms with E-state index in [1.807, 2.05) is 209 Å². The average molecular weight is 1830 g/mol. The molecule has 1 aliphatic rings. The number of aromatic amines is 8. The predicted molar refractivity (Wildman–Crippen MR) is 546 cm³/mol. The van der Waals surface area contributed by atoms with Crippen LogP contribution in [0.4, 0.5) is 20.2 Å². The van der Waals surface area contributed by atoms with Crippen LogP contribution in [0.1, 0.15) is 76.0 Å². The molecule has 28 heteroatoms. The second kappa shape index (κ2) is 39.6. The van der Waals surface area contributed by atoms with Gasteiger partial charge in [0.2, 0.25) is 11.8 Å². The lowest BCUT2D eigenvalue weighted by Crippen LogP contribution is -2.20. The Balaban J connectivity index is 0.000000111. The number of aromatic nitrogens is 20. The smallest absolute Gasteiger partial charge is 0.224 e. The first-order valence-corrected chi connectivity index (χ1v) is 46.4. The Bertz CT molecular complexity index is 8360. The molecule has 0 spiro atoms. The summed E-state index contributed by atoms with van der Waals surface area (Å²) in [4.78, 5) is 74.0. The molecule has 23 aromatic rings. The van der Waals surface area contributed by atoms with Gasteiger partial charge >= 0.3 is 0 Å². The normalized spacial score (nSPS) is 12.1. The number of rotatable bonds is 23. The molecule has 1 saturated carbocycles. The van der Waals surface area contributed by atoms with E-state index < -0.39 is 0 Å². The third kappa shape index (κ3) is 19.4. The van der Waals surface area contributed by atoms with Gasteiger partial charge in [-0.1, -0.05) is 173 Å². The topological polar surface area (TPSA) is 363 Å². The van der Waals surface area contributed by atoms with Gasteiger partial charge in [-0.15, -0.1) is 0 Å². The third-order valence-electron chi connectivity index (χ3n) is 24.9. The molecule has 1 fully saturated rings. The maximum atomic E-state index is 14.6. The third-order valence-corrected chi connectivity index (χ3v) is 24.9. The van der Waals surface area contributed by atoms with Crippen molar-refractivity contribution in [3.05, 3.63) is 339 Å². The number of anilines is 2. The number of para-hydroxylation sites is 6. The summed E-state index contributed by atoms with van der Waals surface area (Å²) in [5, 5.41) is 47.3. The Morgan fingerprint density at radius 2 is 0.712 bits per heavy atom.